The zero-order valence-corrected chi connectivity index (χ0v) is 24.8. The average Bonchev–Trinajstić information content (AvgIpc) is 3.32. The number of rotatable bonds is 9. The molecule has 1 heterocycles. The number of aliphatic carboxylic acids is 1. The van der Waals surface area contributed by atoms with Gasteiger partial charge in [0.05, 0.1) is 18.7 Å². The Morgan fingerprint density at radius 1 is 0.977 bits per heavy atom. The number of carboxylic acids is 1. The van der Waals surface area contributed by atoms with Gasteiger partial charge in [0.25, 0.3) is 5.91 Å². The van der Waals surface area contributed by atoms with E-state index in [1.54, 1.807) is 43.3 Å². The number of methoxy groups -OCH3 is 1. The molecule has 10 heteroatoms. The molecule has 1 amide bonds. The Hall–Kier alpha value is -4.05. The standard InChI is InChI=1S/C33H37F3N2O5/c1-20(43-24-14-10-7-11-15-24)30(39)38-28(21-12-8-6-9-13-21)27(26(32(2,3)4)29(38)31(40)41)37-19-22-18-23(33(34,35)36)16-17-25(22)42-5/h6-18,20,26-29,37H,19H2,1-5H3,(H,40,41)/t20-,26-,27-,28-,29-/m1/s1. The number of hydrogen-bond donors (Lipinski definition) is 2. The van der Waals surface area contributed by atoms with Gasteiger partial charge in [-0.25, -0.2) is 4.79 Å². The van der Waals surface area contributed by atoms with Crippen LogP contribution in [0.1, 0.15) is 50.4 Å². The molecule has 0 bridgehead atoms. The molecule has 1 fully saturated rings. The molecule has 2 N–H and O–H groups in total. The Balaban J connectivity index is 1.80. The molecule has 43 heavy (non-hydrogen) atoms. The number of carbonyl (C=O) groups is 2. The van der Waals surface area contributed by atoms with E-state index in [2.05, 4.69) is 5.32 Å². The zero-order valence-electron chi connectivity index (χ0n) is 24.8. The topological polar surface area (TPSA) is 88.1 Å². The number of nitrogens with zero attached hydrogens (tertiary/aromatic N) is 1. The molecule has 5 atom stereocenters. The Morgan fingerprint density at radius 2 is 1.58 bits per heavy atom. The molecule has 3 aromatic carbocycles. The summed E-state index contributed by atoms with van der Waals surface area (Å²) in [5, 5.41) is 14.0. The molecule has 1 aliphatic heterocycles. The minimum Gasteiger partial charge on any atom is -0.496 e. The number of amides is 1. The van der Waals surface area contributed by atoms with E-state index < -0.39 is 59.2 Å². The van der Waals surface area contributed by atoms with Gasteiger partial charge in [-0.1, -0.05) is 69.3 Å². The lowest BCUT2D eigenvalue weighted by molar-refractivity contribution is -0.155. The van der Waals surface area contributed by atoms with Gasteiger partial charge in [0.2, 0.25) is 0 Å². The zero-order chi connectivity index (χ0) is 31.5. The Kier molecular flexibility index (Phi) is 9.39. The summed E-state index contributed by atoms with van der Waals surface area (Å²) in [4.78, 5) is 28.5. The fraction of sp³-hybridized carbons (Fsp3) is 0.394. The summed E-state index contributed by atoms with van der Waals surface area (Å²) in [6, 6.07) is 18.4. The van der Waals surface area contributed by atoms with Crippen molar-refractivity contribution in [1.29, 1.82) is 0 Å². The first-order valence-corrected chi connectivity index (χ1v) is 14.0. The number of nitrogens with one attached hydrogen (secondary N) is 1. The SMILES string of the molecule is COc1ccc(C(F)(F)F)cc1CN[C@@H]1[C@@H](C(C)(C)C)[C@H](C(=O)O)N(C(=O)[C@@H](C)Oc2ccccc2)[C@@H]1c1ccccc1. The first kappa shape index (κ1) is 31.9. The highest BCUT2D eigenvalue weighted by atomic mass is 19.4. The summed E-state index contributed by atoms with van der Waals surface area (Å²) in [6.07, 6.45) is -5.57. The number of carboxylic acid groups (broad SMARTS) is 1. The van der Waals surface area contributed by atoms with Crippen LogP contribution in [-0.4, -0.2) is 47.2 Å². The number of para-hydroxylation sites is 1. The van der Waals surface area contributed by atoms with Gasteiger partial charge in [0.15, 0.2) is 6.10 Å². The van der Waals surface area contributed by atoms with Gasteiger partial charge >= 0.3 is 12.1 Å². The lowest BCUT2D eigenvalue weighted by atomic mass is 9.72. The number of ether oxygens (including phenoxy) is 2. The van der Waals surface area contributed by atoms with Crippen molar-refractivity contribution >= 4 is 11.9 Å². The van der Waals surface area contributed by atoms with Gasteiger partial charge in [-0.15, -0.1) is 0 Å². The van der Waals surface area contributed by atoms with Crippen LogP contribution in [0.15, 0.2) is 78.9 Å². The predicted octanol–water partition coefficient (Wildman–Crippen LogP) is 6.34. The first-order valence-electron chi connectivity index (χ1n) is 14.0. The van der Waals surface area contributed by atoms with Crippen molar-refractivity contribution in [1.82, 2.24) is 10.2 Å². The van der Waals surface area contributed by atoms with E-state index in [-0.39, 0.29) is 17.9 Å². The molecule has 0 spiro atoms. The summed E-state index contributed by atoms with van der Waals surface area (Å²) < 4.78 is 52.0. The number of carbonyl (C=O) groups excluding carboxylic acids is 1. The molecule has 4 rings (SSSR count). The maximum Gasteiger partial charge on any atom is 0.416 e. The highest BCUT2D eigenvalue weighted by Crippen LogP contribution is 2.48. The van der Waals surface area contributed by atoms with Crippen molar-refractivity contribution in [3.8, 4) is 11.5 Å². The van der Waals surface area contributed by atoms with Crippen LogP contribution in [-0.2, 0) is 22.3 Å². The fourth-order valence-corrected chi connectivity index (χ4v) is 6.01. The number of benzene rings is 3. The normalized spacial score (nSPS) is 21.3. The van der Waals surface area contributed by atoms with Crippen molar-refractivity contribution in [3.05, 3.63) is 95.6 Å². The van der Waals surface area contributed by atoms with Crippen molar-refractivity contribution in [2.24, 2.45) is 11.3 Å². The van der Waals surface area contributed by atoms with Crippen LogP contribution >= 0.6 is 0 Å². The van der Waals surface area contributed by atoms with Crippen LogP contribution in [0.2, 0.25) is 0 Å². The van der Waals surface area contributed by atoms with Crippen LogP contribution in [0.5, 0.6) is 11.5 Å². The molecule has 0 aliphatic carbocycles. The molecular formula is C33H37F3N2O5. The van der Waals surface area contributed by atoms with Gasteiger partial charge in [0.1, 0.15) is 17.5 Å². The fourth-order valence-electron chi connectivity index (χ4n) is 6.01. The molecular weight excluding hydrogens is 561 g/mol. The van der Waals surface area contributed by atoms with E-state index in [0.717, 1.165) is 12.1 Å². The third kappa shape index (κ3) is 6.96. The predicted molar refractivity (Wildman–Crippen MR) is 156 cm³/mol. The third-order valence-electron chi connectivity index (χ3n) is 7.85. The Labute approximate surface area is 249 Å². The van der Waals surface area contributed by atoms with Crippen LogP contribution in [0.25, 0.3) is 0 Å². The number of alkyl halides is 3. The highest BCUT2D eigenvalue weighted by Gasteiger charge is 2.58. The van der Waals surface area contributed by atoms with E-state index >= 15 is 0 Å². The van der Waals surface area contributed by atoms with E-state index in [1.807, 2.05) is 45.0 Å². The summed E-state index contributed by atoms with van der Waals surface area (Å²) >= 11 is 0. The summed E-state index contributed by atoms with van der Waals surface area (Å²) in [7, 11) is 1.38. The van der Waals surface area contributed by atoms with Gasteiger partial charge in [-0.05, 0) is 48.2 Å². The number of hydrogen-bond acceptors (Lipinski definition) is 5. The second-order valence-corrected chi connectivity index (χ2v) is 11.8. The molecule has 0 radical (unpaired) electrons. The molecule has 0 unspecified atom stereocenters. The quantitative estimate of drug-likeness (QED) is 0.299. The van der Waals surface area contributed by atoms with Gasteiger partial charge in [-0.2, -0.15) is 13.2 Å². The molecule has 1 saturated heterocycles. The first-order chi connectivity index (χ1) is 20.2. The van der Waals surface area contributed by atoms with Crippen molar-refractivity contribution < 1.29 is 37.3 Å². The van der Waals surface area contributed by atoms with Crippen molar-refractivity contribution in [2.75, 3.05) is 7.11 Å². The van der Waals surface area contributed by atoms with Gasteiger partial charge in [0, 0.05) is 24.1 Å². The maximum absolute atomic E-state index is 14.2. The lowest BCUT2D eigenvalue weighted by Gasteiger charge is -2.35. The minimum absolute atomic E-state index is 0.0574. The van der Waals surface area contributed by atoms with E-state index in [4.69, 9.17) is 9.47 Å². The lowest BCUT2D eigenvalue weighted by Crippen LogP contribution is -2.50. The minimum atomic E-state index is -4.55. The largest absolute Gasteiger partial charge is 0.496 e. The van der Waals surface area contributed by atoms with Gasteiger partial charge in [-0.3, -0.25) is 4.79 Å². The number of halogens is 3. The third-order valence-corrected chi connectivity index (χ3v) is 7.85. The summed E-state index contributed by atoms with van der Waals surface area (Å²) in [5.74, 6) is -1.61. The van der Waals surface area contributed by atoms with Crippen LogP contribution < -0.4 is 14.8 Å². The van der Waals surface area contributed by atoms with Crippen LogP contribution in [0, 0.1) is 11.3 Å². The van der Waals surface area contributed by atoms with E-state index in [0.29, 0.717) is 11.3 Å². The van der Waals surface area contributed by atoms with Gasteiger partial charge < -0.3 is 24.8 Å². The Morgan fingerprint density at radius 3 is 2.12 bits per heavy atom. The van der Waals surface area contributed by atoms with Crippen molar-refractivity contribution in [2.45, 2.75) is 64.6 Å². The molecule has 3 aromatic rings. The second-order valence-electron chi connectivity index (χ2n) is 11.8. The second kappa shape index (κ2) is 12.7. The Bertz CT molecular complexity index is 1410. The summed E-state index contributed by atoms with van der Waals surface area (Å²) in [5.41, 5.74) is -0.511. The molecule has 0 saturated carbocycles. The molecule has 0 aromatic heterocycles. The smallest absolute Gasteiger partial charge is 0.416 e. The summed E-state index contributed by atoms with van der Waals surface area (Å²) in [6.45, 7) is 7.21. The maximum atomic E-state index is 14.2. The van der Waals surface area contributed by atoms with Crippen LogP contribution in [0.3, 0.4) is 0 Å². The molecule has 7 nitrogen and oxygen atoms in total. The van der Waals surface area contributed by atoms with E-state index in [9.17, 15) is 27.9 Å². The average molecular weight is 599 g/mol. The molecule has 230 valence electrons. The molecule has 1 aliphatic rings. The van der Waals surface area contributed by atoms with Crippen molar-refractivity contribution in [3.63, 3.8) is 0 Å². The number of likely N-dealkylation sites (tertiary alicyclic amines) is 1. The highest BCUT2D eigenvalue weighted by molar-refractivity contribution is 5.88. The monoisotopic (exact) mass is 598 g/mol. The van der Waals surface area contributed by atoms with E-state index in [1.165, 1.54) is 18.1 Å². The van der Waals surface area contributed by atoms with Crippen LogP contribution in [0.4, 0.5) is 13.2 Å².